The zero-order valence-corrected chi connectivity index (χ0v) is 16.4. The number of halogens is 1. The van der Waals surface area contributed by atoms with Crippen LogP contribution in [0.1, 0.15) is 62.5 Å². The molecule has 0 heterocycles. The zero-order valence-electron chi connectivity index (χ0n) is 16.4. The molecule has 0 saturated heterocycles. The van der Waals surface area contributed by atoms with Gasteiger partial charge in [-0.25, -0.2) is 4.39 Å². The molecule has 1 saturated carbocycles. The van der Waals surface area contributed by atoms with Crippen molar-refractivity contribution in [3.63, 3.8) is 0 Å². The quantitative estimate of drug-likeness (QED) is 0.352. The molecule has 1 aliphatic rings. The van der Waals surface area contributed by atoms with E-state index < -0.39 is 0 Å². The van der Waals surface area contributed by atoms with Crippen LogP contribution in [0.2, 0.25) is 0 Å². The van der Waals surface area contributed by atoms with Crippen LogP contribution >= 0.6 is 0 Å². The smallest absolute Gasteiger partial charge is 0.129 e. The molecule has 2 aromatic carbocycles. The molecule has 27 heavy (non-hydrogen) atoms. The predicted molar refractivity (Wildman–Crippen MR) is 111 cm³/mol. The van der Waals surface area contributed by atoms with E-state index >= 15 is 0 Å². The summed E-state index contributed by atoms with van der Waals surface area (Å²) in [5, 5.41) is 0. The van der Waals surface area contributed by atoms with Gasteiger partial charge in [0.1, 0.15) is 5.82 Å². The molecule has 0 atom stereocenters. The third-order valence-corrected chi connectivity index (χ3v) is 5.81. The highest BCUT2D eigenvalue weighted by Gasteiger charge is 2.21. The van der Waals surface area contributed by atoms with Crippen LogP contribution in [-0.2, 0) is 11.3 Å². The molecule has 0 amide bonds. The lowest BCUT2D eigenvalue weighted by Crippen LogP contribution is -2.13. The summed E-state index contributed by atoms with van der Waals surface area (Å²) in [6.45, 7) is 6.60. The van der Waals surface area contributed by atoms with E-state index in [1.807, 2.05) is 12.1 Å². The summed E-state index contributed by atoms with van der Waals surface area (Å²) in [6, 6.07) is 14.1. The molecule has 0 spiro atoms. The summed E-state index contributed by atoms with van der Waals surface area (Å²) in [4.78, 5) is 0. The van der Waals surface area contributed by atoms with E-state index in [1.54, 1.807) is 12.1 Å². The minimum Gasteiger partial charge on any atom is -0.373 e. The molecule has 0 radical (unpaired) electrons. The fourth-order valence-electron chi connectivity index (χ4n) is 4.24. The first-order valence-electron chi connectivity index (χ1n) is 10.3. The van der Waals surface area contributed by atoms with Gasteiger partial charge in [-0.05, 0) is 60.3 Å². The highest BCUT2D eigenvalue weighted by Crippen LogP contribution is 2.38. The molecule has 0 aliphatic heterocycles. The Kier molecular flexibility index (Phi) is 7.23. The average molecular weight is 367 g/mol. The molecule has 2 heteroatoms. The topological polar surface area (TPSA) is 9.23 Å². The number of hydrogen-bond donors (Lipinski definition) is 0. The number of benzene rings is 2. The minimum atomic E-state index is -0.213. The van der Waals surface area contributed by atoms with Gasteiger partial charge in [0.2, 0.25) is 0 Å². The summed E-state index contributed by atoms with van der Waals surface area (Å²) in [5.41, 5.74) is 4.00. The third-order valence-electron chi connectivity index (χ3n) is 5.81. The molecule has 3 rings (SSSR count). The molecule has 2 aromatic rings. The number of rotatable bonds is 8. The van der Waals surface area contributed by atoms with Crippen LogP contribution in [-0.4, -0.2) is 6.61 Å². The van der Waals surface area contributed by atoms with Crippen LogP contribution in [0.5, 0.6) is 0 Å². The highest BCUT2D eigenvalue weighted by atomic mass is 19.1. The van der Waals surface area contributed by atoms with Crippen LogP contribution < -0.4 is 0 Å². The molecule has 0 aromatic heterocycles. The highest BCUT2D eigenvalue weighted by molar-refractivity contribution is 5.64. The van der Waals surface area contributed by atoms with Gasteiger partial charge < -0.3 is 4.74 Å². The number of hydrogen-bond acceptors (Lipinski definition) is 1. The molecule has 0 bridgehead atoms. The molecule has 0 N–H and O–H groups in total. The largest absolute Gasteiger partial charge is 0.373 e. The molecule has 1 nitrogen and oxygen atoms in total. The van der Waals surface area contributed by atoms with Gasteiger partial charge in [-0.2, -0.15) is 0 Å². The van der Waals surface area contributed by atoms with E-state index in [1.165, 1.54) is 44.1 Å². The monoisotopic (exact) mass is 366 g/mol. The van der Waals surface area contributed by atoms with Crippen molar-refractivity contribution in [2.75, 3.05) is 6.61 Å². The first kappa shape index (κ1) is 19.8. The Balaban J connectivity index is 1.63. The van der Waals surface area contributed by atoms with Crippen molar-refractivity contribution in [3.05, 3.63) is 72.1 Å². The van der Waals surface area contributed by atoms with Crippen molar-refractivity contribution in [1.82, 2.24) is 0 Å². The Hall–Kier alpha value is -1.93. The average Bonchev–Trinajstić information content (AvgIpc) is 2.70. The Labute approximate surface area is 163 Å². The second-order valence-corrected chi connectivity index (χ2v) is 7.74. The second kappa shape index (κ2) is 9.85. The van der Waals surface area contributed by atoms with Crippen LogP contribution in [0.25, 0.3) is 11.1 Å². The predicted octanol–water partition coefficient (Wildman–Crippen LogP) is 7.27. The molecule has 1 aliphatic carbocycles. The second-order valence-electron chi connectivity index (χ2n) is 7.74. The summed E-state index contributed by atoms with van der Waals surface area (Å²) >= 11 is 0. The molecule has 0 unspecified atom stereocenters. The van der Waals surface area contributed by atoms with Gasteiger partial charge in [-0.1, -0.05) is 62.2 Å². The fraction of sp³-hybridized carbons (Fsp3) is 0.440. The maximum Gasteiger partial charge on any atom is 0.129 e. The number of ether oxygens (including phenoxy) is 1. The fourth-order valence-corrected chi connectivity index (χ4v) is 4.24. The first-order valence-corrected chi connectivity index (χ1v) is 10.3. The maximum absolute atomic E-state index is 14.3. The van der Waals surface area contributed by atoms with E-state index in [4.69, 9.17) is 4.74 Å². The van der Waals surface area contributed by atoms with Gasteiger partial charge >= 0.3 is 0 Å². The van der Waals surface area contributed by atoms with Crippen molar-refractivity contribution < 1.29 is 9.13 Å². The lowest BCUT2D eigenvalue weighted by Gasteiger charge is -2.28. The van der Waals surface area contributed by atoms with Gasteiger partial charge in [0.15, 0.2) is 0 Å². The van der Waals surface area contributed by atoms with E-state index in [-0.39, 0.29) is 12.4 Å². The van der Waals surface area contributed by atoms with Crippen LogP contribution in [0.3, 0.4) is 0 Å². The Morgan fingerprint density at radius 3 is 2.37 bits per heavy atom. The normalized spacial score (nSPS) is 19.8. The summed E-state index contributed by atoms with van der Waals surface area (Å²) in [6.07, 6.45) is 9.69. The lowest BCUT2D eigenvalue weighted by atomic mass is 9.77. The summed E-state index contributed by atoms with van der Waals surface area (Å²) in [7, 11) is 0. The third kappa shape index (κ3) is 5.29. The van der Waals surface area contributed by atoms with Crippen molar-refractivity contribution in [2.45, 2.75) is 58.0 Å². The lowest BCUT2D eigenvalue weighted by molar-refractivity contribution is 0.146. The van der Waals surface area contributed by atoms with Crippen LogP contribution in [0, 0.1) is 11.7 Å². The van der Waals surface area contributed by atoms with Crippen molar-refractivity contribution in [3.8, 4) is 11.1 Å². The van der Waals surface area contributed by atoms with Gasteiger partial charge in [-0.3, -0.25) is 0 Å². The zero-order chi connectivity index (χ0) is 19.1. The first-order chi connectivity index (χ1) is 13.2. The Bertz CT molecular complexity index is 726. The van der Waals surface area contributed by atoms with E-state index in [0.717, 1.165) is 17.0 Å². The standard InChI is InChI=1S/C25H31FO/c1-3-5-19-6-8-20(9-7-19)21-10-12-22(13-11-21)23-14-15-24(25(26)17-23)18-27-16-4-2/h4,10-15,17,19-20H,2-3,5-9,16,18H2,1H3. The Morgan fingerprint density at radius 2 is 1.74 bits per heavy atom. The van der Waals surface area contributed by atoms with Crippen molar-refractivity contribution >= 4 is 0 Å². The summed E-state index contributed by atoms with van der Waals surface area (Å²) < 4.78 is 19.7. The van der Waals surface area contributed by atoms with Gasteiger partial charge in [-0.15, -0.1) is 6.58 Å². The SMILES string of the molecule is C=CCOCc1ccc(-c2ccc(C3CCC(CCC)CC3)cc2)cc1F. The minimum absolute atomic E-state index is 0.213. The van der Waals surface area contributed by atoms with Crippen molar-refractivity contribution in [2.24, 2.45) is 5.92 Å². The van der Waals surface area contributed by atoms with Crippen LogP contribution in [0.4, 0.5) is 4.39 Å². The molecule has 144 valence electrons. The maximum atomic E-state index is 14.3. The summed E-state index contributed by atoms with van der Waals surface area (Å²) in [5.74, 6) is 1.41. The molecular weight excluding hydrogens is 335 g/mol. The van der Waals surface area contributed by atoms with E-state index in [0.29, 0.717) is 18.1 Å². The van der Waals surface area contributed by atoms with Gasteiger partial charge in [0.25, 0.3) is 0 Å². The van der Waals surface area contributed by atoms with Crippen molar-refractivity contribution in [1.29, 1.82) is 0 Å². The van der Waals surface area contributed by atoms with Gasteiger partial charge in [0.05, 0.1) is 13.2 Å². The molecular formula is C25H31FO. The van der Waals surface area contributed by atoms with Gasteiger partial charge in [0, 0.05) is 5.56 Å². The van der Waals surface area contributed by atoms with Crippen LogP contribution in [0.15, 0.2) is 55.1 Å². The Morgan fingerprint density at radius 1 is 1.04 bits per heavy atom. The van der Waals surface area contributed by atoms with E-state index in [2.05, 4.69) is 37.8 Å². The molecule has 1 fully saturated rings. The van der Waals surface area contributed by atoms with E-state index in [9.17, 15) is 4.39 Å².